The monoisotopic (exact) mass is 228 g/mol. The predicted molar refractivity (Wildman–Crippen MR) is 60.0 cm³/mol. The highest BCUT2D eigenvalue weighted by Crippen LogP contribution is 2.12. The molecular formula is C11H20N2O3. The molecule has 2 N–H and O–H groups in total. The Kier molecular flexibility index (Phi) is 4.15. The minimum atomic E-state index is -0.478. The Labute approximate surface area is 95.9 Å². The highest BCUT2D eigenvalue weighted by molar-refractivity contribution is 5.77. The first-order valence-corrected chi connectivity index (χ1v) is 5.60. The molecule has 1 rings (SSSR count). The SMILES string of the molecule is CC(C)(C)OC(=O)NC[C@@H]1CCNC(=O)C1. The molecule has 0 radical (unpaired) electrons. The van der Waals surface area contributed by atoms with Gasteiger partial charge in [-0.25, -0.2) is 4.79 Å². The van der Waals surface area contributed by atoms with Crippen LogP contribution in [0.5, 0.6) is 0 Å². The van der Waals surface area contributed by atoms with Gasteiger partial charge < -0.3 is 15.4 Å². The van der Waals surface area contributed by atoms with Gasteiger partial charge in [-0.1, -0.05) is 0 Å². The second-order valence-corrected chi connectivity index (χ2v) is 5.09. The second kappa shape index (κ2) is 5.18. The summed E-state index contributed by atoms with van der Waals surface area (Å²) >= 11 is 0. The van der Waals surface area contributed by atoms with E-state index in [9.17, 15) is 9.59 Å². The van der Waals surface area contributed by atoms with Gasteiger partial charge in [-0.05, 0) is 33.1 Å². The van der Waals surface area contributed by atoms with Crippen LogP contribution in [0.25, 0.3) is 0 Å². The van der Waals surface area contributed by atoms with Gasteiger partial charge in [0.25, 0.3) is 0 Å². The summed E-state index contributed by atoms with van der Waals surface area (Å²) in [6.45, 7) is 6.66. The van der Waals surface area contributed by atoms with Gasteiger partial charge in [-0.15, -0.1) is 0 Å². The molecule has 5 heteroatoms. The van der Waals surface area contributed by atoms with Crippen molar-refractivity contribution in [1.82, 2.24) is 10.6 Å². The zero-order chi connectivity index (χ0) is 12.2. The molecular weight excluding hydrogens is 208 g/mol. The lowest BCUT2D eigenvalue weighted by Gasteiger charge is -2.24. The number of carbonyl (C=O) groups is 2. The lowest BCUT2D eigenvalue weighted by Crippen LogP contribution is -2.40. The van der Waals surface area contributed by atoms with Gasteiger partial charge in [0.15, 0.2) is 0 Å². The first-order valence-electron chi connectivity index (χ1n) is 5.60. The van der Waals surface area contributed by atoms with E-state index in [4.69, 9.17) is 4.74 Å². The van der Waals surface area contributed by atoms with Crippen LogP contribution in [-0.2, 0) is 9.53 Å². The number of ether oxygens (including phenoxy) is 1. The van der Waals surface area contributed by atoms with Crippen molar-refractivity contribution in [3.05, 3.63) is 0 Å². The molecule has 92 valence electrons. The average molecular weight is 228 g/mol. The van der Waals surface area contributed by atoms with Crippen molar-refractivity contribution in [2.75, 3.05) is 13.1 Å². The van der Waals surface area contributed by atoms with E-state index in [2.05, 4.69) is 10.6 Å². The minimum Gasteiger partial charge on any atom is -0.444 e. The fourth-order valence-corrected chi connectivity index (χ4v) is 1.57. The van der Waals surface area contributed by atoms with Crippen molar-refractivity contribution < 1.29 is 14.3 Å². The molecule has 5 nitrogen and oxygen atoms in total. The van der Waals surface area contributed by atoms with Gasteiger partial charge in [0.1, 0.15) is 5.60 Å². The summed E-state index contributed by atoms with van der Waals surface area (Å²) in [5.41, 5.74) is -0.478. The largest absolute Gasteiger partial charge is 0.444 e. The molecule has 0 aromatic heterocycles. The van der Waals surface area contributed by atoms with Gasteiger partial charge in [0.05, 0.1) is 0 Å². The molecule has 1 atom stereocenters. The molecule has 0 aliphatic carbocycles. The van der Waals surface area contributed by atoms with Crippen LogP contribution < -0.4 is 10.6 Å². The van der Waals surface area contributed by atoms with Gasteiger partial charge in [-0.3, -0.25) is 4.79 Å². The van der Waals surface area contributed by atoms with E-state index in [-0.39, 0.29) is 11.8 Å². The summed E-state index contributed by atoms with van der Waals surface area (Å²) < 4.78 is 5.11. The summed E-state index contributed by atoms with van der Waals surface area (Å²) in [6.07, 6.45) is 0.968. The molecule has 0 saturated carbocycles. The number of amides is 2. The summed E-state index contributed by atoms with van der Waals surface area (Å²) in [5, 5.41) is 5.44. The lowest BCUT2D eigenvalue weighted by atomic mass is 9.98. The molecule has 0 bridgehead atoms. The molecule has 1 saturated heterocycles. The minimum absolute atomic E-state index is 0.0576. The molecule has 0 aromatic carbocycles. The Hall–Kier alpha value is -1.26. The molecule has 1 aliphatic heterocycles. The van der Waals surface area contributed by atoms with Gasteiger partial charge in [0, 0.05) is 19.5 Å². The third-order valence-corrected chi connectivity index (χ3v) is 2.28. The number of rotatable bonds is 2. The predicted octanol–water partition coefficient (Wildman–Crippen LogP) is 1.04. The topological polar surface area (TPSA) is 67.4 Å². The van der Waals surface area contributed by atoms with Crippen molar-refractivity contribution in [2.24, 2.45) is 5.92 Å². The summed E-state index contributed by atoms with van der Waals surface area (Å²) in [7, 11) is 0. The Bertz CT molecular complexity index is 271. The zero-order valence-corrected chi connectivity index (χ0v) is 10.1. The molecule has 1 fully saturated rings. The summed E-state index contributed by atoms with van der Waals surface area (Å²) in [5.74, 6) is 0.281. The van der Waals surface area contributed by atoms with Crippen LogP contribution in [-0.4, -0.2) is 30.7 Å². The van der Waals surface area contributed by atoms with E-state index >= 15 is 0 Å². The number of hydrogen-bond acceptors (Lipinski definition) is 3. The molecule has 0 unspecified atom stereocenters. The van der Waals surface area contributed by atoms with Crippen LogP contribution in [0.2, 0.25) is 0 Å². The number of piperidine rings is 1. The lowest BCUT2D eigenvalue weighted by molar-refractivity contribution is -0.123. The molecule has 0 spiro atoms. The van der Waals surface area contributed by atoms with E-state index in [0.717, 1.165) is 6.42 Å². The van der Waals surface area contributed by atoms with Crippen LogP contribution in [0.4, 0.5) is 4.79 Å². The first kappa shape index (κ1) is 12.8. The van der Waals surface area contributed by atoms with E-state index in [1.165, 1.54) is 0 Å². The quantitative estimate of drug-likeness (QED) is 0.742. The maximum Gasteiger partial charge on any atom is 0.407 e. The highest BCUT2D eigenvalue weighted by Gasteiger charge is 2.21. The highest BCUT2D eigenvalue weighted by atomic mass is 16.6. The van der Waals surface area contributed by atoms with Gasteiger partial charge >= 0.3 is 6.09 Å². The van der Waals surface area contributed by atoms with Crippen LogP contribution in [0, 0.1) is 5.92 Å². The standard InChI is InChI=1S/C11H20N2O3/c1-11(2,3)16-10(15)13-7-8-4-5-12-9(14)6-8/h8H,4-7H2,1-3H3,(H,12,14)(H,13,15)/t8-/m1/s1. The van der Waals surface area contributed by atoms with Crippen LogP contribution >= 0.6 is 0 Å². The van der Waals surface area contributed by atoms with Gasteiger partial charge in [-0.2, -0.15) is 0 Å². The second-order valence-electron chi connectivity index (χ2n) is 5.09. The average Bonchev–Trinajstić information content (AvgIpc) is 2.12. The van der Waals surface area contributed by atoms with Crippen LogP contribution in [0.3, 0.4) is 0 Å². The molecule has 0 aromatic rings. The van der Waals surface area contributed by atoms with E-state index in [1.807, 2.05) is 20.8 Å². The Balaban J connectivity index is 2.23. The smallest absolute Gasteiger partial charge is 0.407 e. The Morgan fingerprint density at radius 3 is 2.81 bits per heavy atom. The van der Waals surface area contributed by atoms with E-state index in [0.29, 0.717) is 19.5 Å². The zero-order valence-electron chi connectivity index (χ0n) is 10.1. The summed E-state index contributed by atoms with van der Waals surface area (Å²) in [6, 6.07) is 0. The van der Waals surface area contributed by atoms with E-state index in [1.54, 1.807) is 0 Å². The van der Waals surface area contributed by atoms with Crippen molar-refractivity contribution in [1.29, 1.82) is 0 Å². The first-order chi connectivity index (χ1) is 7.37. The maximum absolute atomic E-state index is 11.3. The third kappa shape index (κ3) is 5.00. The molecule has 1 heterocycles. The summed E-state index contributed by atoms with van der Waals surface area (Å²) in [4.78, 5) is 22.4. The third-order valence-electron chi connectivity index (χ3n) is 2.28. The number of hydrogen-bond donors (Lipinski definition) is 2. The maximum atomic E-state index is 11.3. The van der Waals surface area contributed by atoms with Crippen molar-refractivity contribution in [3.8, 4) is 0 Å². The number of nitrogens with one attached hydrogen (secondary N) is 2. The van der Waals surface area contributed by atoms with Crippen LogP contribution in [0.1, 0.15) is 33.6 Å². The van der Waals surface area contributed by atoms with Crippen molar-refractivity contribution >= 4 is 12.0 Å². The molecule has 2 amide bonds. The molecule has 1 aliphatic rings. The number of alkyl carbamates (subject to hydrolysis) is 1. The number of carbonyl (C=O) groups excluding carboxylic acids is 2. The fourth-order valence-electron chi connectivity index (χ4n) is 1.57. The van der Waals surface area contributed by atoms with E-state index < -0.39 is 11.7 Å². The molecule has 16 heavy (non-hydrogen) atoms. The Morgan fingerprint density at radius 2 is 2.25 bits per heavy atom. The van der Waals surface area contributed by atoms with Crippen molar-refractivity contribution in [2.45, 2.75) is 39.2 Å². The normalized spacial score (nSPS) is 21.2. The van der Waals surface area contributed by atoms with Crippen LogP contribution in [0.15, 0.2) is 0 Å². The van der Waals surface area contributed by atoms with Gasteiger partial charge in [0.2, 0.25) is 5.91 Å². The van der Waals surface area contributed by atoms with Crippen molar-refractivity contribution in [3.63, 3.8) is 0 Å². The fraction of sp³-hybridized carbons (Fsp3) is 0.818. The Morgan fingerprint density at radius 1 is 1.56 bits per heavy atom.